The van der Waals surface area contributed by atoms with E-state index in [-0.39, 0.29) is 23.3 Å². The van der Waals surface area contributed by atoms with Gasteiger partial charge in [-0.25, -0.2) is 4.79 Å². The van der Waals surface area contributed by atoms with Gasteiger partial charge in [0.2, 0.25) is 0 Å². The van der Waals surface area contributed by atoms with Gasteiger partial charge in [0.15, 0.2) is 0 Å². The SMILES string of the molecule is CC1CCC(C(=O)Nc2cc(N)ccc2C(=O)O)O1. The molecule has 0 spiro atoms. The van der Waals surface area contributed by atoms with Crippen LogP contribution in [0, 0.1) is 0 Å². The third kappa shape index (κ3) is 3.03. The smallest absolute Gasteiger partial charge is 0.337 e. The Bertz CT molecular complexity index is 515. The van der Waals surface area contributed by atoms with Gasteiger partial charge in [-0.05, 0) is 38.0 Å². The summed E-state index contributed by atoms with van der Waals surface area (Å²) < 4.78 is 5.44. The Labute approximate surface area is 110 Å². The second kappa shape index (κ2) is 5.27. The van der Waals surface area contributed by atoms with Crippen molar-refractivity contribution in [1.82, 2.24) is 0 Å². The Morgan fingerprint density at radius 1 is 1.42 bits per heavy atom. The lowest BCUT2D eigenvalue weighted by molar-refractivity contribution is -0.126. The van der Waals surface area contributed by atoms with E-state index in [0.717, 1.165) is 6.42 Å². The van der Waals surface area contributed by atoms with E-state index in [4.69, 9.17) is 15.6 Å². The number of amides is 1. The minimum absolute atomic E-state index is 0.00796. The standard InChI is InChI=1S/C13H16N2O4/c1-7-2-5-11(19-7)12(16)15-10-6-8(14)3-4-9(10)13(17)18/h3-4,6-7,11H,2,5,14H2,1H3,(H,15,16)(H,17,18). The molecule has 1 heterocycles. The van der Waals surface area contributed by atoms with Gasteiger partial charge in [0.1, 0.15) is 6.10 Å². The number of hydrogen-bond acceptors (Lipinski definition) is 4. The molecule has 2 unspecified atom stereocenters. The molecule has 0 saturated carbocycles. The Morgan fingerprint density at radius 3 is 2.74 bits per heavy atom. The quantitative estimate of drug-likeness (QED) is 0.717. The summed E-state index contributed by atoms with van der Waals surface area (Å²) in [6.45, 7) is 1.90. The number of nitrogens with one attached hydrogen (secondary N) is 1. The predicted octanol–water partition coefficient (Wildman–Crippen LogP) is 1.47. The zero-order valence-electron chi connectivity index (χ0n) is 10.6. The van der Waals surface area contributed by atoms with Crippen LogP contribution in [0.1, 0.15) is 30.1 Å². The fraction of sp³-hybridized carbons (Fsp3) is 0.385. The molecule has 1 saturated heterocycles. The van der Waals surface area contributed by atoms with E-state index in [9.17, 15) is 9.59 Å². The van der Waals surface area contributed by atoms with Gasteiger partial charge in [-0.15, -0.1) is 0 Å². The van der Waals surface area contributed by atoms with Gasteiger partial charge < -0.3 is 20.9 Å². The van der Waals surface area contributed by atoms with E-state index in [2.05, 4.69) is 5.32 Å². The van der Waals surface area contributed by atoms with Gasteiger partial charge in [-0.1, -0.05) is 0 Å². The fourth-order valence-electron chi connectivity index (χ4n) is 2.06. The number of nitrogen functional groups attached to an aromatic ring is 1. The van der Waals surface area contributed by atoms with Crippen molar-refractivity contribution in [2.24, 2.45) is 0 Å². The molecular formula is C13H16N2O4. The van der Waals surface area contributed by atoms with Crippen LogP contribution in [-0.2, 0) is 9.53 Å². The number of carboxylic acid groups (broad SMARTS) is 1. The van der Waals surface area contributed by atoms with E-state index in [1.165, 1.54) is 18.2 Å². The number of carbonyl (C=O) groups is 2. The molecule has 19 heavy (non-hydrogen) atoms. The van der Waals surface area contributed by atoms with Crippen LogP contribution in [-0.4, -0.2) is 29.2 Å². The normalized spacial score (nSPS) is 22.2. The molecule has 4 N–H and O–H groups in total. The molecule has 0 radical (unpaired) electrons. The van der Waals surface area contributed by atoms with E-state index < -0.39 is 12.1 Å². The Kier molecular flexibility index (Phi) is 3.71. The van der Waals surface area contributed by atoms with Crippen molar-refractivity contribution in [2.45, 2.75) is 32.0 Å². The minimum atomic E-state index is -1.11. The summed E-state index contributed by atoms with van der Waals surface area (Å²) in [6.07, 6.45) is 0.979. The maximum atomic E-state index is 12.0. The first-order chi connectivity index (χ1) is 8.97. The van der Waals surface area contributed by atoms with E-state index >= 15 is 0 Å². The fourth-order valence-corrected chi connectivity index (χ4v) is 2.06. The number of carboxylic acids is 1. The molecule has 6 nitrogen and oxygen atoms in total. The van der Waals surface area contributed by atoms with Crippen molar-refractivity contribution in [2.75, 3.05) is 11.1 Å². The molecule has 1 aromatic carbocycles. The van der Waals surface area contributed by atoms with Gasteiger partial charge in [-0.3, -0.25) is 4.79 Å². The number of ether oxygens (including phenoxy) is 1. The highest BCUT2D eigenvalue weighted by Crippen LogP contribution is 2.23. The van der Waals surface area contributed by atoms with Crippen LogP contribution >= 0.6 is 0 Å². The summed E-state index contributed by atoms with van der Waals surface area (Å²) >= 11 is 0. The van der Waals surface area contributed by atoms with E-state index in [0.29, 0.717) is 12.1 Å². The molecule has 1 aliphatic rings. The first kappa shape index (κ1) is 13.4. The average molecular weight is 264 g/mol. The van der Waals surface area contributed by atoms with Crippen LogP contribution < -0.4 is 11.1 Å². The molecule has 1 aliphatic heterocycles. The van der Waals surface area contributed by atoms with Crippen LogP contribution in [0.5, 0.6) is 0 Å². The maximum absolute atomic E-state index is 12.0. The van der Waals surface area contributed by atoms with Crippen LogP contribution in [0.25, 0.3) is 0 Å². The van der Waals surface area contributed by atoms with Gasteiger partial charge in [-0.2, -0.15) is 0 Å². The lowest BCUT2D eigenvalue weighted by atomic mass is 10.1. The number of benzene rings is 1. The Hall–Kier alpha value is -2.08. The van der Waals surface area contributed by atoms with Crippen LogP contribution in [0.4, 0.5) is 11.4 Å². The number of anilines is 2. The molecule has 0 aromatic heterocycles. The van der Waals surface area contributed by atoms with Crippen LogP contribution in [0.3, 0.4) is 0 Å². The highest BCUT2D eigenvalue weighted by molar-refractivity contribution is 6.02. The average Bonchev–Trinajstić information content (AvgIpc) is 2.75. The molecule has 0 aliphatic carbocycles. The summed E-state index contributed by atoms with van der Waals surface area (Å²) in [7, 11) is 0. The number of nitrogens with two attached hydrogens (primary N) is 1. The maximum Gasteiger partial charge on any atom is 0.337 e. The molecule has 2 rings (SSSR count). The van der Waals surface area contributed by atoms with Crippen molar-refractivity contribution in [1.29, 1.82) is 0 Å². The van der Waals surface area contributed by atoms with Gasteiger partial charge >= 0.3 is 5.97 Å². The molecular weight excluding hydrogens is 248 g/mol. The zero-order valence-corrected chi connectivity index (χ0v) is 10.6. The van der Waals surface area contributed by atoms with Gasteiger partial charge in [0.05, 0.1) is 17.4 Å². The zero-order chi connectivity index (χ0) is 14.0. The number of aromatic carboxylic acids is 1. The first-order valence-electron chi connectivity index (χ1n) is 6.06. The minimum Gasteiger partial charge on any atom is -0.478 e. The number of hydrogen-bond donors (Lipinski definition) is 3. The molecule has 102 valence electrons. The van der Waals surface area contributed by atoms with Gasteiger partial charge in [0, 0.05) is 5.69 Å². The Balaban J connectivity index is 2.16. The third-order valence-electron chi connectivity index (χ3n) is 3.06. The highest BCUT2D eigenvalue weighted by Gasteiger charge is 2.28. The lowest BCUT2D eigenvalue weighted by Gasteiger charge is -2.13. The topological polar surface area (TPSA) is 102 Å². The molecule has 1 aromatic rings. The van der Waals surface area contributed by atoms with Crippen molar-refractivity contribution < 1.29 is 19.4 Å². The van der Waals surface area contributed by atoms with Crippen molar-refractivity contribution in [3.05, 3.63) is 23.8 Å². The summed E-state index contributed by atoms with van der Waals surface area (Å²) in [5, 5.41) is 11.6. The van der Waals surface area contributed by atoms with E-state index in [1.54, 1.807) is 0 Å². The summed E-state index contributed by atoms with van der Waals surface area (Å²) in [6, 6.07) is 4.28. The van der Waals surface area contributed by atoms with Crippen LogP contribution in [0.2, 0.25) is 0 Å². The predicted molar refractivity (Wildman–Crippen MR) is 70.0 cm³/mol. The molecule has 2 atom stereocenters. The number of carbonyl (C=O) groups excluding carboxylic acids is 1. The second-order valence-corrected chi connectivity index (χ2v) is 4.61. The summed E-state index contributed by atoms with van der Waals surface area (Å²) in [4.78, 5) is 23.0. The summed E-state index contributed by atoms with van der Waals surface area (Å²) in [5.74, 6) is -1.45. The van der Waals surface area contributed by atoms with Gasteiger partial charge in [0.25, 0.3) is 5.91 Å². The third-order valence-corrected chi connectivity index (χ3v) is 3.06. The van der Waals surface area contributed by atoms with Crippen molar-refractivity contribution in [3.63, 3.8) is 0 Å². The molecule has 6 heteroatoms. The highest BCUT2D eigenvalue weighted by atomic mass is 16.5. The summed E-state index contributed by atoms with van der Waals surface area (Å²) in [5.41, 5.74) is 6.20. The Morgan fingerprint density at radius 2 is 2.16 bits per heavy atom. The first-order valence-corrected chi connectivity index (χ1v) is 6.06. The lowest BCUT2D eigenvalue weighted by Crippen LogP contribution is -2.28. The van der Waals surface area contributed by atoms with Crippen molar-refractivity contribution in [3.8, 4) is 0 Å². The second-order valence-electron chi connectivity index (χ2n) is 4.61. The van der Waals surface area contributed by atoms with Crippen molar-refractivity contribution >= 4 is 23.3 Å². The largest absolute Gasteiger partial charge is 0.478 e. The number of rotatable bonds is 3. The monoisotopic (exact) mass is 264 g/mol. The van der Waals surface area contributed by atoms with Crippen LogP contribution in [0.15, 0.2) is 18.2 Å². The molecule has 1 fully saturated rings. The van der Waals surface area contributed by atoms with E-state index in [1.807, 2.05) is 6.92 Å². The molecule has 0 bridgehead atoms. The molecule has 1 amide bonds.